The SMILES string of the molecule is C1=CCCCCC=C1.C1=C\[CH-]CCC\C=C/1.[Pd]. The molecule has 0 fully saturated rings. The van der Waals surface area contributed by atoms with E-state index < -0.39 is 0 Å². The fraction of sp³-hybridized carbons (Fsp3) is 0.438. The molecule has 0 atom stereocenters. The minimum atomic E-state index is 0. The first kappa shape index (κ1) is 16.5. The van der Waals surface area contributed by atoms with E-state index in [1.165, 1.54) is 44.9 Å². The molecule has 0 radical (unpaired) electrons. The van der Waals surface area contributed by atoms with Gasteiger partial charge in [-0.2, -0.15) is 0 Å². The molecule has 98 valence electrons. The zero-order chi connectivity index (χ0) is 11.3. The molecule has 0 aliphatic heterocycles. The molecule has 2 aliphatic carbocycles. The predicted molar refractivity (Wildman–Crippen MR) is 73.2 cm³/mol. The monoisotopic (exact) mass is 321 g/mol. The zero-order valence-corrected chi connectivity index (χ0v) is 12.0. The van der Waals surface area contributed by atoms with Crippen LogP contribution in [0.25, 0.3) is 0 Å². The molecule has 0 heterocycles. The predicted octanol–water partition coefficient (Wildman–Crippen LogP) is 5.16. The second-order valence-electron chi connectivity index (χ2n) is 4.12. The van der Waals surface area contributed by atoms with Gasteiger partial charge in [0.15, 0.2) is 0 Å². The summed E-state index contributed by atoms with van der Waals surface area (Å²) in [5, 5.41) is 0. The van der Waals surface area contributed by atoms with Crippen molar-refractivity contribution in [2.45, 2.75) is 44.9 Å². The molecule has 0 saturated carbocycles. The van der Waals surface area contributed by atoms with Crippen LogP contribution in [-0.2, 0) is 20.4 Å². The molecular formula is C16H23Pd-. The Bertz CT molecular complexity index is 203. The van der Waals surface area contributed by atoms with Crippen molar-refractivity contribution in [1.82, 2.24) is 0 Å². The van der Waals surface area contributed by atoms with Crippen LogP contribution in [0.1, 0.15) is 44.9 Å². The summed E-state index contributed by atoms with van der Waals surface area (Å²) < 4.78 is 0. The minimum absolute atomic E-state index is 0. The van der Waals surface area contributed by atoms with Crippen molar-refractivity contribution in [3.8, 4) is 0 Å². The zero-order valence-electron chi connectivity index (χ0n) is 10.5. The molecule has 0 spiro atoms. The smallest absolute Gasteiger partial charge is 0 e. The summed E-state index contributed by atoms with van der Waals surface area (Å²) in [5.74, 6) is 0. The van der Waals surface area contributed by atoms with E-state index in [2.05, 4.69) is 55.0 Å². The van der Waals surface area contributed by atoms with Gasteiger partial charge in [0.05, 0.1) is 0 Å². The van der Waals surface area contributed by atoms with Crippen LogP contribution in [0.2, 0.25) is 0 Å². The molecule has 0 unspecified atom stereocenters. The average molecular weight is 322 g/mol. The van der Waals surface area contributed by atoms with Crippen molar-refractivity contribution in [1.29, 1.82) is 0 Å². The molecule has 2 rings (SSSR count). The molecule has 0 nitrogen and oxygen atoms in total. The molecule has 0 aromatic heterocycles. The molecule has 17 heavy (non-hydrogen) atoms. The first-order valence-electron chi connectivity index (χ1n) is 6.47. The Morgan fingerprint density at radius 1 is 0.647 bits per heavy atom. The third-order valence-electron chi connectivity index (χ3n) is 2.61. The van der Waals surface area contributed by atoms with Gasteiger partial charge in [0, 0.05) is 20.4 Å². The molecule has 0 amide bonds. The summed E-state index contributed by atoms with van der Waals surface area (Å²) in [5.41, 5.74) is 0. The first-order chi connectivity index (χ1) is 8.00. The summed E-state index contributed by atoms with van der Waals surface area (Å²) >= 11 is 0. The molecule has 0 saturated heterocycles. The molecule has 1 heteroatoms. The van der Waals surface area contributed by atoms with Crippen LogP contribution in [0, 0.1) is 6.42 Å². The Hall–Kier alpha value is -0.508. The number of hydrogen-bond donors (Lipinski definition) is 0. The van der Waals surface area contributed by atoms with Crippen molar-refractivity contribution >= 4 is 0 Å². The fourth-order valence-electron chi connectivity index (χ4n) is 1.64. The van der Waals surface area contributed by atoms with Gasteiger partial charge in [0.25, 0.3) is 0 Å². The maximum atomic E-state index is 2.23. The van der Waals surface area contributed by atoms with E-state index in [0.29, 0.717) is 0 Å². The first-order valence-corrected chi connectivity index (χ1v) is 6.47. The van der Waals surface area contributed by atoms with Crippen LogP contribution in [-0.4, -0.2) is 0 Å². The van der Waals surface area contributed by atoms with Gasteiger partial charge >= 0.3 is 0 Å². The Balaban J connectivity index is 0.000000284. The maximum Gasteiger partial charge on any atom is 0 e. The molecule has 0 bridgehead atoms. The minimum Gasteiger partial charge on any atom is -0.230 e. The third kappa shape index (κ3) is 11.8. The van der Waals surface area contributed by atoms with Crippen molar-refractivity contribution in [2.24, 2.45) is 0 Å². The van der Waals surface area contributed by atoms with Crippen LogP contribution >= 0.6 is 0 Å². The van der Waals surface area contributed by atoms with Gasteiger partial charge in [0.2, 0.25) is 0 Å². The summed E-state index contributed by atoms with van der Waals surface area (Å²) in [6.07, 6.45) is 28.5. The largest absolute Gasteiger partial charge is 0.230 e. The fourth-order valence-corrected chi connectivity index (χ4v) is 1.64. The Morgan fingerprint density at radius 3 is 1.82 bits per heavy atom. The van der Waals surface area contributed by atoms with E-state index in [-0.39, 0.29) is 20.4 Å². The van der Waals surface area contributed by atoms with Crippen LogP contribution < -0.4 is 0 Å². The Morgan fingerprint density at radius 2 is 1.18 bits per heavy atom. The summed E-state index contributed by atoms with van der Waals surface area (Å²) in [7, 11) is 0. The maximum absolute atomic E-state index is 2.23. The van der Waals surface area contributed by atoms with Gasteiger partial charge in [-0.1, -0.05) is 30.7 Å². The molecule has 2 aliphatic rings. The number of hydrogen-bond acceptors (Lipinski definition) is 0. The molecule has 0 aromatic carbocycles. The Kier molecular flexibility index (Phi) is 13.2. The summed E-state index contributed by atoms with van der Waals surface area (Å²) in [4.78, 5) is 0. The second-order valence-corrected chi connectivity index (χ2v) is 4.12. The standard InChI is InChI=1S/C8H12.C8H11.Pd/c2*1-2-4-6-8-7-5-3-1;/h1-4H,5-8H2;1-5H,6-8H2;/q;-1;/b;2-1-,5-3-;. The van der Waals surface area contributed by atoms with Crippen LogP contribution in [0.3, 0.4) is 0 Å². The summed E-state index contributed by atoms with van der Waals surface area (Å²) in [6, 6.07) is 0. The topological polar surface area (TPSA) is 0 Å². The van der Waals surface area contributed by atoms with E-state index in [9.17, 15) is 0 Å². The van der Waals surface area contributed by atoms with Gasteiger partial charge < -0.3 is 0 Å². The van der Waals surface area contributed by atoms with Gasteiger partial charge in [-0.25, -0.2) is 18.6 Å². The van der Waals surface area contributed by atoms with Gasteiger partial charge in [-0.15, -0.1) is 18.6 Å². The van der Waals surface area contributed by atoms with Crippen molar-refractivity contribution in [2.75, 3.05) is 0 Å². The normalized spacial score (nSPS) is 22.1. The third-order valence-corrected chi connectivity index (χ3v) is 2.61. The molecule has 0 N–H and O–H groups in total. The van der Waals surface area contributed by atoms with Gasteiger partial charge in [0.1, 0.15) is 0 Å². The Labute approximate surface area is 120 Å². The van der Waals surface area contributed by atoms with E-state index in [1.807, 2.05) is 0 Å². The van der Waals surface area contributed by atoms with Crippen molar-refractivity contribution in [3.63, 3.8) is 0 Å². The van der Waals surface area contributed by atoms with E-state index >= 15 is 0 Å². The van der Waals surface area contributed by atoms with Crippen LogP contribution in [0.15, 0.2) is 48.6 Å². The van der Waals surface area contributed by atoms with E-state index in [1.54, 1.807) is 0 Å². The van der Waals surface area contributed by atoms with Crippen molar-refractivity contribution in [3.05, 3.63) is 55.0 Å². The van der Waals surface area contributed by atoms with Gasteiger partial charge in [-0.3, -0.25) is 0 Å². The van der Waals surface area contributed by atoms with E-state index in [4.69, 9.17) is 0 Å². The van der Waals surface area contributed by atoms with Crippen LogP contribution in [0.4, 0.5) is 0 Å². The molecular weight excluding hydrogens is 299 g/mol. The second kappa shape index (κ2) is 13.6. The number of rotatable bonds is 0. The molecule has 0 aromatic rings. The van der Waals surface area contributed by atoms with Crippen molar-refractivity contribution < 1.29 is 20.4 Å². The average Bonchev–Trinajstić information content (AvgIpc) is 2.15. The summed E-state index contributed by atoms with van der Waals surface area (Å²) in [6.45, 7) is 0. The van der Waals surface area contributed by atoms with Gasteiger partial charge in [-0.05, 0) is 32.1 Å². The quantitative estimate of drug-likeness (QED) is 0.427. The number of allylic oxidation sites excluding steroid dienone is 8. The van der Waals surface area contributed by atoms with Crippen LogP contribution in [0.5, 0.6) is 0 Å². The van der Waals surface area contributed by atoms with E-state index in [0.717, 1.165) is 0 Å².